The van der Waals surface area contributed by atoms with E-state index in [0.29, 0.717) is 42.5 Å². The van der Waals surface area contributed by atoms with E-state index in [0.717, 1.165) is 0 Å². The second kappa shape index (κ2) is 6.93. The zero-order valence-electron chi connectivity index (χ0n) is 13.6. The SMILES string of the molecule is COCc1c(C(=O)N2CCO[C@H](c3nccnc3N)C2)noc1C. The number of aromatic nitrogens is 3. The van der Waals surface area contributed by atoms with E-state index in [9.17, 15) is 4.79 Å². The van der Waals surface area contributed by atoms with Crippen LogP contribution < -0.4 is 5.73 Å². The van der Waals surface area contributed by atoms with Crippen LogP contribution in [0.25, 0.3) is 0 Å². The van der Waals surface area contributed by atoms with Crippen LogP contribution in [0.1, 0.15) is 33.6 Å². The molecule has 2 aromatic heterocycles. The Morgan fingerprint density at radius 1 is 1.46 bits per heavy atom. The molecule has 9 nitrogen and oxygen atoms in total. The molecule has 0 saturated carbocycles. The molecule has 0 bridgehead atoms. The molecule has 3 rings (SSSR count). The Balaban J connectivity index is 1.80. The zero-order valence-corrected chi connectivity index (χ0v) is 13.6. The molecule has 0 spiro atoms. The molecule has 3 heterocycles. The highest BCUT2D eigenvalue weighted by atomic mass is 16.5. The summed E-state index contributed by atoms with van der Waals surface area (Å²) in [6.07, 6.45) is 2.64. The summed E-state index contributed by atoms with van der Waals surface area (Å²) in [5, 5.41) is 3.89. The second-order valence-electron chi connectivity index (χ2n) is 5.44. The third-order valence-electron chi connectivity index (χ3n) is 3.89. The van der Waals surface area contributed by atoms with E-state index < -0.39 is 6.10 Å². The van der Waals surface area contributed by atoms with E-state index in [1.54, 1.807) is 25.1 Å². The normalized spacial score (nSPS) is 17.9. The van der Waals surface area contributed by atoms with E-state index in [2.05, 4.69) is 15.1 Å². The third kappa shape index (κ3) is 3.08. The van der Waals surface area contributed by atoms with Crippen molar-refractivity contribution in [1.29, 1.82) is 0 Å². The van der Waals surface area contributed by atoms with E-state index in [1.165, 1.54) is 6.20 Å². The fourth-order valence-electron chi connectivity index (χ4n) is 2.63. The lowest BCUT2D eigenvalue weighted by molar-refractivity contribution is -0.0248. The second-order valence-corrected chi connectivity index (χ2v) is 5.44. The van der Waals surface area contributed by atoms with Gasteiger partial charge in [0.25, 0.3) is 5.91 Å². The minimum absolute atomic E-state index is 0.227. The molecular formula is C15H19N5O4. The van der Waals surface area contributed by atoms with Gasteiger partial charge in [0.15, 0.2) is 5.69 Å². The fraction of sp³-hybridized carbons (Fsp3) is 0.467. The van der Waals surface area contributed by atoms with Gasteiger partial charge in [-0.25, -0.2) is 4.98 Å². The lowest BCUT2D eigenvalue weighted by Crippen LogP contribution is -2.43. The molecular weight excluding hydrogens is 314 g/mol. The summed E-state index contributed by atoms with van der Waals surface area (Å²) in [4.78, 5) is 22.7. The summed E-state index contributed by atoms with van der Waals surface area (Å²) < 4.78 is 16.0. The van der Waals surface area contributed by atoms with E-state index in [1.807, 2.05) is 0 Å². The van der Waals surface area contributed by atoms with Crippen molar-refractivity contribution in [2.75, 3.05) is 32.5 Å². The van der Waals surface area contributed by atoms with Crippen molar-refractivity contribution in [3.05, 3.63) is 35.1 Å². The van der Waals surface area contributed by atoms with E-state index >= 15 is 0 Å². The van der Waals surface area contributed by atoms with E-state index in [-0.39, 0.29) is 18.2 Å². The third-order valence-corrected chi connectivity index (χ3v) is 3.89. The molecule has 0 radical (unpaired) electrons. The minimum Gasteiger partial charge on any atom is -0.382 e. The van der Waals surface area contributed by atoms with Crippen molar-refractivity contribution >= 4 is 11.7 Å². The lowest BCUT2D eigenvalue weighted by atomic mass is 10.1. The lowest BCUT2D eigenvalue weighted by Gasteiger charge is -2.32. The molecule has 24 heavy (non-hydrogen) atoms. The summed E-state index contributed by atoms with van der Waals surface area (Å²) in [5.74, 6) is 0.645. The Morgan fingerprint density at radius 2 is 2.25 bits per heavy atom. The quantitative estimate of drug-likeness (QED) is 0.869. The highest BCUT2D eigenvalue weighted by molar-refractivity contribution is 5.93. The average Bonchev–Trinajstić information content (AvgIpc) is 2.96. The molecule has 1 atom stereocenters. The number of ether oxygens (including phenoxy) is 2. The van der Waals surface area contributed by atoms with Gasteiger partial charge in [0.1, 0.15) is 23.4 Å². The number of morpholine rings is 1. The summed E-state index contributed by atoms with van der Waals surface area (Å²) >= 11 is 0. The molecule has 1 fully saturated rings. The van der Waals surface area contributed by atoms with Gasteiger partial charge in [-0.1, -0.05) is 5.16 Å². The minimum atomic E-state index is -0.421. The van der Waals surface area contributed by atoms with Crippen molar-refractivity contribution in [2.45, 2.75) is 19.6 Å². The Hall–Kier alpha value is -2.52. The number of anilines is 1. The van der Waals surface area contributed by atoms with Gasteiger partial charge in [0.05, 0.1) is 25.3 Å². The zero-order chi connectivity index (χ0) is 17.1. The average molecular weight is 333 g/mol. The van der Waals surface area contributed by atoms with Gasteiger partial charge in [-0.2, -0.15) is 0 Å². The highest BCUT2D eigenvalue weighted by Gasteiger charge is 2.31. The van der Waals surface area contributed by atoms with Crippen molar-refractivity contribution in [1.82, 2.24) is 20.0 Å². The molecule has 128 valence electrons. The number of hydrogen-bond donors (Lipinski definition) is 1. The van der Waals surface area contributed by atoms with Gasteiger partial charge in [0, 0.05) is 26.0 Å². The predicted octanol–water partition coefficient (Wildman–Crippen LogP) is 0.715. The van der Waals surface area contributed by atoms with Crippen molar-refractivity contribution in [3.8, 4) is 0 Å². The summed E-state index contributed by atoms with van der Waals surface area (Å²) in [6.45, 7) is 3.17. The first kappa shape index (κ1) is 16.3. The number of nitrogen functional groups attached to an aromatic ring is 1. The first-order valence-electron chi connectivity index (χ1n) is 7.53. The number of carbonyl (C=O) groups excluding carboxylic acids is 1. The van der Waals surface area contributed by atoms with Crippen LogP contribution in [0.2, 0.25) is 0 Å². The van der Waals surface area contributed by atoms with Crippen molar-refractivity contribution in [2.24, 2.45) is 0 Å². The molecule has 1 amide bonds. The van der Waals surface area contributed by atoms with E-state index in [4.69, 9.17) is 19.7 Å². The molecule has 2 aromatic rings. The summed E-state index contributed by atoms with van der Waals surface area (Å²) in [5.41, 5.74) is 7.30. The van der Waals surface area contributed by atoms with Gasteiger partial charge in [-0.15, -0.1) is 0 Å². The number of nitrogens with two attached hydrogens (primary N) is 1. The maximum absolute atomic E-state index is 12.8. The molecule has 2 N–H and O–H groups in total. The van der Waals surface area contributed by atoms with Gasteiger partial charge < -0.3 is 24.6 Å². The van der Waals surface area contributed by atoms with Gasteiger partial charge in [-0.05, 0) is 6.92 Å². The number of hydrogen-bond acceptors (Lipinski definition) is 8. The van der Waals surface area contributed by atoms with Crippen LogP contribution >= 0.6 is 0 Å². The standard InChI is InChI=1S/C15H19N5O4/c1-9-10(8-22-2)12(19-24-9)15(21)20-5-6-23-11(7-20)13-14(16)18-4-3-17-13/h3-4,11H,5-8H2,1-2H3,(H2,16,18)/t11-/m0/s1. The van der Waals surface area contributed by atoms with Gasteiger partial charge in [0.2, 0.25) is 0 Å². The first-order valence-corrected chi connectivity index (χ1v) is 7.53. The molecule has 9 heteroatoms. The monoisotopic (exact) mass is 333 g/mol. The largest absolute Gasteiger partial charge is 0.382 e. The molecule has 0 unspecified atom stereocenters. The van der Waals surface area contributed by atoms with Crippen LogP contribution in [-0.2, 0) is 16.1 Å². The first-order chi connectivity index (χ1) is 11.6. The molecule has 1 aliphatic heterocycles. The number of amides is 1. The van der Waals surface area contributed by atoms with Crippen molar-refractivity contribution < 1.29 is 18.8 Å². The molecule has 0 aromatic carbocycles. The predicted molar refractivity (Wildman–Crippen MR) is 83.0 cm³/mol. The topological polar surface area (TPSA) is 117 Å². The number of methoxy groups -OCH3 is 1. The maximum atomic E-state index is 12.8. The highest BCUT2D eigenvalue weighted by Crippen LogP contribution is 2.25. The molecule has 0 aliphatic carbocycles. The number of aryl methyl sites for hydroxylation is 1. The molecule has 1 aliphatic rings. The van der Waals surface area contributed by atoms with Crippen molar-refractivity contribution in [3.63, 3.8) is 0 Å². The Labute approximate surface area is 138 Å². The van der Waals surface area contributed by atoms with Crippen LogP contribution in [0.3, 0.4) is 0 Å². The van der Waals surface area contributed by atoms with Crippen LogP contribution in [0.4, 0.5) is 5.82 Å². The smallest absolute Gasteiger partial charge is 0.276 e. The summed E-state index contributed by atoms with van der Waals surface area (Å²) in [6, 6.07) is 0. The maximum Gasteiger partial charge on any atom is 0.276 e. The van der Waals surface area contributed by atoms with Crippen LogP contribution in [0, 0.1) is 6.92 Å². The summed E-state index contributed by atoms with van der Waals surface area (Å²) in [7, 11) is 1.56. The number of nitrogens with zero attached hydrogens (tertiary/aromatic N) is 4. The van der Waals surface area contributed by atoms with Crippen LogP contribution in [0.15, 0.2) is 16.9 Å². The Morgan fingerprint density at radius 3 is 3.00 bits per heavy atom. The Bertz CT molecular complexity index is 732. The number of rotatable bonds is 4. The van der Waals surface area contributed by atoms with Crippen LogP contribution in [0.5, 0.6) is 0 Å². The van der Waals surface area contributed by atoms with Crippen LogP contribution in [-0.4, -0.2) is 52.7 Å². The Kier molecular flexibility index (Phi) is 4.72. The van der Waals surface area contributed by atoms with Gasteiger partial charge in [-0.3, -0.25) is 9.78 Å². The number of carbonyl (C=O) groups is 1. The van der Waals surface area contributed by atoms with Gasteiger partial charge >= 0.3 is 0 Å². The molecule has 1 saturated heterocycles. The fourth-order valence-corrected chi connectivity index (χ4v) is 2.63.